The van der Waals surface area contributed by atoms with Crippen LogP contribution in [0.1, 0.15) is 0 Å². The Labute approximate surface area is 128 Å². The van der Waals surface area contributed by atoms with Gasteiger partial charge < -0.3 is 0 Å². The first-order valence-electron chi connectivity index (χ1n) is 4.53. The number of fused-ring (bicyclic) bond motifs is 3. The monoisotopic (exact) mass is 333 g/mol. The van der Waals surface area contributed by atoms with Crippen LogP contribution in [0, 0.1) is 49.4 Å². The molecule has 0 N–H and O–H groups in total. The molecule has 0 saturated carbocycles. The van der Waals surface area contributed by atoms with Crippen LogP contribution in [-0.4, -0.2) is 9.97 Å². The molecule has 0 atom stereocenters. The van der Waals surface area contributed by atoms with Gasteiger partial charge >= 0.3 is 49.4 Å². The summed E-state index contributed by atoms with van der Waals surface area (Å²) in [5, 5.41) is 2.28. The molecule has 0 aliphatic carbocycles. The van der Waals surface area contributed by atoms with Gasteiger partial charge in [-0.3, -0.25) is 9.97 Å². The number of rotatable bonds is 0. The van der Waals surface area contributed by atoms with E-state index in [0.717, 1.165) is 21.8 Å². The number of hydrogen-bond acceptors (Lipinski definition) is 2. The second-order valence-corrected chi connectivity index (χ2v) is 3.22. The van der Waals surface area contributed by atoms with E-state index in [1.807, 2.05) is 12.1 Å². The fraction of sp³-hybridized carbons (Fsp3) is 0. The van der Waals surface area contributed by atoms with Gasteiger partial charge in [-0.1, -0.05) is 24.3 Å². The molecule has 0 amide bonds. The molecule has 2 nitrogen and oxygen atoms in total. The minimum atomic E-state index is 0. The van der Waals surface area contributed by atoms with Gasteiger partial charge in [-0.05, 0) is 12.1 Å². The maximum absolute atomic E-state index is 4.35. The van der Waals surface area contributed by atoms with Gasteiger partial charge in [0.25, 0.3) is 0 Å². The van der Waals surface area contributed by atoms with Gasteiger partial charge in [-0.25, -0.2) is 0 Å². The summed E-state index contributed by atoms with van der Waals surface area (Å²) in [6.45, 7) is 0. The molecular weight excluding hydrogens is 324 g/mol. The average molecular weight is 332 g/mol. The molecule has 15 heavy (non-hydrogen) atoms. The van der Waals surface area contributed by atoms with Crippen LogP contribution in [0.4, 0.5) is 0 Å². The summed E-state index contributed by atoms with van der Waals surface area (Å²) >= 11 is 0. The van der Waals surface area contributed by atoms with Crippen molar-refractivity contribution in [1.82, 2.24) is 9.97 Å². The van der Waals surface area contributed by atoms with E-state index in [2.05, 4.69) is 34.2 Å². The number of benzene rings is 1. The van der Waals surface area contributed by atoms with E-state index < -0.39 is 0 Å². The van der Waals surface area contributed by atoms with Crippen molar-refractivity contribution in [2.45, 2.75) is 0 Å². The van der Waals surface area contributed by atoms with Crippen LogP contribution in [0.3, 0.4) is 0 Å². The maximum atomic E-state index is 4.35. The molecule has 0 radical (unpaired) electrons. The molecule has 2 heterocycles. The molecule has 3 aromatic rings. The Morgan fingerprint density at radius 3 is 1.60 bits per heavy atom. The van der Waals surface area contributed by atoms with Crippen LogP contribution in [0.15, 0.2) is 48.8 Å². The van der Waals surface area contributed by atoms with Crippen molar-refractivity contribution in [3.8, 4) is 0 Å². The molecule has 2 aromatic heterocycles. The van der Waals surface area contributed by atoms with Gasteiger partial charge in [0.15, 0.2) is 0 Å². The molecule has 0 spiro atoms. The van der Waals surface area contributed by atoms with Crippen LogP contribution < -0.4 is 0 Å². The summed E-state index contributed by atoms with van der Waals surface area (Å²) in [4.78, 5) is 8.69. The van der Waals surface area contributed by atoms with Gasteiger partial charge in [0, 0.05) is 23.2 Å². The Bertz CT molecular complexity index is 553. The number of nitrogens with zero attached hydrogens (tertiary/aromatic N) is 2. The molecule has 0 bridgehead atoms. The maximum Gasteiger partial charge on any atom is 3.00 e. The molecule has 0 aliphatic rings. The summed E-state index contributed by atoms with van der Waals surface area (Å²) in [5.41, 5.74) is 1.95. The van der Waals surface area contributed by atoms with Crippen molar-refractivity contribution in [1.29, 1.82) is 0 Å². The van der Waals surface area contributed by atoms with Crippen molar-refractivity contribution in [3.63, 3.8) is 0 Å². The van der Waals surface area contributed by atoms with Crippen LogP contribution in [-0.2, 0) is 0 Å². The summed E-state index contributed by atoms with van der Waals surface area (Å²) in [5.74, 6) is 0. The smallest absolute Gasteiger partial charge is 0.254 e. The van der Waals surface area contributed by atoms with Crippen molar-refractivity contribution in [3.05, 3.63) is 48.8 Å². The summed E-state index contributed by atoms with van der Waals surface area (Å²) < 4.78 is 0. The third-order valence-corrected chi connectivity index (χ3v) is 2.34. The van der Waals surface area contributed by atoms with Gasteiger partial charge in [0.1, 0.15) is 0 Å². The molecule has 3 rings (SSSR count). The van der Waals surface area contributed by atoms with E-state index in [4.69, 9.17) is 0 Å². The van der Waals surface area contributed by atoms with E-state index in [9.17, 15) is 0 Å². The number of aromatic nitrogens is 2. The second-order valence-electron chi connectivity index (χ2n) is 3.22. The number of hydrogen-bond donors (Lipinski definition) is 0. The third kappa shape index (κ3) is 1.96. The van der Waals surface area contributed by atoms with Gasteiger partial charge in [0.2, 0.25) is 0 Å². The van der Waals surface area contributed by atoms with Crippen LogP contribution in [0.5, 0.6) is 0 Å². The Kier molecular flexibility index (Phi) is 3.44. The molecule has 70 valence electrons. The zero-order valence-electron chi connectivity index (χ0n) is 7.89. The standard InChI is InChI=1S/C12H8N2.Eu/c1-3-9-5-6-10-4-2-8-14-12(10)11(9)13-7-1;/h1-8H;/q;+3. The minimum absolute atomic E-state index is 0. The normalized spacial score (nSPS) is 10.1. The minimum Gasteiger partial charge on any atom is -0.254 e. The van der Waals surface area contributed by atoms with Crippen LogP contribution in [0.25, 0.3) is 21.8 Å². The SMILES string of the molecule is [Eu+3].c1cnc2c(c1)ccc1cccnc12. The molecular formula is C12H8EuN2+3. The molecule has 3 heteroatoms. The average Bonchev–Trinajstić information content (AvgIpc) is 2.29. The second kappa shape index (κ2) is 4.64. The Morgan fingerprint density at radius 2 is 1.13 bits per heavy atom. The van der Waals surface area contributed by atoms with Crippen molar-refractivity contribution in [2.75, 3.05) is 0 Å². The van der Waals surface area contributed by atoms with E-state index >= 15 is 0 Å². The topological polar surface area (TPSA) is 25.8 Å². The molecule has 0 aliphatic heterocycles. The zero-order valence-corrected chi connectivity index (χ0v) is 10.3. The Morgan fingerprint density at radius 1 is 0.667 bits per heavy atom. The number of pyridine rings is 2. The quantitative estimate of drug-likeness (QED) is 0.592. The van der Waals surface area contributed by atoms with E-state index in [1.54, 1.807) is 12.4 Å². The zero-order chi connectivity index (χ0) is 9.38. The van der Waals surface area contributed by atoms with Crippen LogP contribution >= 0.6 is 0 Å². The van der Waals surface area contributed by atoms with Crippen molar-refractivity contribution >= 4 is 21.8 Å². The van der Waals surface area contributed by atoms with Gasteiger partial charge in [0.05, 0.1) is 11.0 Å². The fourth-order valence-electron chi connectivity index (χ4n) is 1.68. The first-order valence-corrected chi connectivity index (χ1v) is 4.53. The molecule has 1 aromatic carbocycles. The van der Waals surface area contributed by atoms with Gasteiger partial charge in [-0.15, -0.1) is 0 Å². The van der Waals surface area contributed by atoms with E-state index in [1.165, 1.54) is 0 Å². The van der Waals surface area contributed by atoms with Crippen LogP contribution in [0.2, 0.25) is 0 Å². The fourth-order valence-corrected chi connectivity index (χ4v) is 1.68. The third-order valence-electron chi connectivity index (χ3n) is 2.34. The molecule has 0 saturated heterocycles. The van der Waals surface area contributed by atoms with E-state index in [0.29, 0.717) is 0 Å². The first-order chi connectivity index (χ1) is 6.95. The van der Waals surface area contributed by atoms with Crippen molar-refractivity contribution < 1.29 is 49.4 Å². The van der Waals surface area contributed by atoms with Crippen molar-refractivity contribution in [2.24, 2.45) is 0 Å². The Hall–Kier alpha value is -0.376. The Balaban J connectivity index is 0.000000853. The molecule has 0 unspecified atom stereocenters. The summed E-state index contributed by atoms with van der Waals surface area (Å²) in [6.07, 6.45) is 3.60. The largest absolute Gasteiger partial charge is 3.00 e. The molecule has 0 fully saturated rings. The predicted molar refractivity (Wildman–Crippen MR) is 57.0 cm³/mol. The predicted octanol–water partition coefficient (Wildman–Crippen LogP) is 2.78. The van der Waals surface area contributed by atoms with Gasteiger partial charge in [-0.2, -0.15) is 0 Å². The first kappa shape index (κ1) is 11.1. The van der Waals surface area contributed by atoms with E-state index in [-0.39, 0.29) is 49.4 Å². The summed E-state index contributed by atoms with van der Waals surface area (Å²) in [6, 6.07) is 12.1. The summed E-state index contributed by atoms with van der Waals surface area (Å²) in [7, 11) is 0.